The lowest BCUT2D eigenvalue weighted by atomic mass is 9.85. The minimum absolute atomic E-state index is 0.0309. The van der Waals surface area contributed by atoms with Crippen LogP contribution in [-0.4, -0.2) is 85.0 Å². The van der Waals surface area contributed by atoms with E-state index in [-0.39, 0.29) is 23.7 Å². The van der Waals surface area contributed by atoms with Gasteiger partial charge in [0.1, 0.15) is 11.4 Å². The number of rotatable bonds is 27. The number of hydrogen-bond donors (Lipinski definition) is 1. The van der Waals surface area contributed by atoms with E-state index in [0.29, 0.717) is 32.5 Å². The lowest BCUT2D eigenvalue weighted by Crippen LogP contribution is -2.50. The van der Waals surface area contributed by atoms with E-state index in [0.717, 1.165) is 23.7 Å². The van der Waals surface area contributed by atoms with Crippen LogP contribution in [0.4, 0.5) is 0 Å². The molecule has 0 saturated carbocycles. The summed E-state index contributed by atoms with van der Waals surface area (Å²) in [6, 6.07) is 15.3. The van der Waals surface area contributed by atoms with Gasteiger partial charge in [-0.3, -0.25) is 4.79 Å². The minimum Gasteiger partial charge on any atom is -0.411 e. The molecule has 0 aliphatic rings. The molecule has 0 fully saturated rings. The van der Waals surface area contributed by atoms with Crippen molar-refractivity contribution in [1.29, 1.82) is 5.26 Å². The second-order valence-electron chi connectivity index (χ2n) is 17.2. The Kier molecular flexibility index (Phi) is 21.2. The van der Waals surface area contributed by atoms with Crippen molar-refractivity contribution in [1.82, 2.24) is 0 Å². The Morgan fingerprint density at radius 3 is 2.06 bits per heavy atom. The molecule has 1 rings (SSSR count). The maximum Gasteiger partial charge on any atom is 0.192 e. The van der Waals surface area contributed by atoms with E-state index in [1.165, 1.54) is 0 Å². The van der Waals surface area contributed by atoms with Crippen molar-refractivity contribution in [2.45, 2.75) is 178 Å². The van der Waals surface area contributed by atoms with Gasteiger partial charge in [-0.25, -0.2) is 0 Å². The second kappa shape index (κ2) is 22.5. The Morgan fingerprint density at radius 1 is 1.00 bits per heavy atom. The highest BCUT2D eigenvalue weighted by molar-refractivity contribution is 6.74. The SMILES string of the molecule is C=C[C@@H](O[Si](C)(C)C(C)(C)C)[C@@H](Cl)[C@@H](CC(C#N)(CC[C@H](C)C(=O)C[C@H](O)[C@H](CCOCc1ccccc1)O[Si](CC)(CC)CC)O[Si](C)(C)C)OC. The van der Waals surface area contributed by atoms with E-state index < -0.39 is 66.3 Å². The lowest BCUT2D eigenvalue weighted by molar-refractivity contribution is -0.126. The summed E-state index contributed by atoms with van der Waals surface area (Å²) < 4.78 is 32.0. The third-order valence-electron chi connectivity index (χ3n) is 11.0. The molecule has 1 aromatic rings. The van der Waals surface area contributed by atoms with E-state index in [1.54, 1.807) is 13.2 Å². The molecule has 1 unspecified atom stereocenters. The van der Waals surface area contributed by atoms with Crippen molar-refractivity contribution in [2.75, 3.05) is 13.7 Å². The van der Waals surface area contributed by atoms with Gasteiger partial charge in [-0.2, -0.15) is 5.26 Å². The highest BCUT2D eigenvalue weighted by Crippen LogP contribution is 2.40. The number of methoxy groups -OCH3 is 1. The summed E-state index contributed by atoms with van der Waals surface area (Å²) in [6.07, 6.45) is 0.592. The van der Waals surface area contributed by atoms with Gasteiger partial charge in [0.15, 0.2) is 25.0 Å². The number of aliphatic hydroxyl groups excluding tert-OH is 1. The van der Waals surface area contributed by atoms with E-state index in [4.69, 9.17) is 34.4 Å². The number of hydrogen-bond acceptors (Lipinski definition) is 8. The van der Waals surface area contributed by atoms with E-state index >= 15 is 0 Å². The standard InChI is InChI=1S/C41H74ClNO7Si3/c1-15-36(48-52(13,14)40(6,7)8)39(42)38(46-9)29-41(31-43,50-51(10,11)12)26-24-32(5)34(44)28-35(45)37(49-53(16-2,17-3)18-4)25-27-47-30-33-22-20-19-21-23-33/h15,19-23,32,35-39,45H,1,16-18,24-30H2,2-14H3/t32-,35-,36+,37-,38+,39+,41?/m0/s1. The largest absolute Gasteiger partial charge is 0.411 e. The summed E-state index contributed by atoms with van der Waals surface area (Å²) >= 11 is 7.10. The van der Waals surface area contributed by atoms with Gasteiger partial charge in [-0.15, -0.1) is 18.2 Å². The van der Waals surface area contributed by atoms with Crippen LogP contribution in [-0.2, 0) is 34.2 Å². The fourth-order valence-corrected chi connectivity index (χ4v) is 12.3. The van der Waals surface area contributed by atoms with E-state index in [2.05, 4.69) is 67.3 Å². The third kappa shape index (κ3) is 16.4. The second-order valence-corrected chi connectivity index (χ2v) is 31.6. The third-order valence-corrected chi connectivity index (χ3v) is 21.7. The molecule has 304 valence electrons. The zero-order chi connectivity index (χ0) is 40.7. The number of benzene rings is 1. The van der Waals surface area contributed by atoms with Crippen LogP contribution < -0.4 is 0 Å². The monoisotopic (exact) mass is 811 g/mol. The maximum absolute atomic E-state index is 13.7. The van der Waals surface area contributed by atoms with Gasteiger partial charge in [-0.1, -0.05) is 84.9 Å². The van der Waals surface area contributed by atoms with Crippen LogP contribution in [0.25, 0.3) is 0 Å². The zero-order valence-corrected chi connectivity index (χ0v) is 39.2. The van der Waals surface area contributed by atoms with Crippen molar-refractivity contribution in [3.8, 4) is 6.07 Å². The lowest BCUT2D eigenvalue weighted by Gasteiger charge is -2.42. The highest BCUT2D eigenvalue weighted by atomic mass is 35.5. The zero-order valence-electron chi connectivity index (χ0n) is 35.4. The Morgan fingerprint density at radius 2 is 1.58 bits per heavy atom. The Hall–Kier alpha value is -1.18. The van der Waals surface area contributed by atoms with E-state index in [9.17, 15) is 15.2 Å². The molecule has 0 aliphatic heterocycles. The predicted octanol–water partition coefficient (Wildman–Crippen LogP) is 10.4. The molecular formula is C41H74ClNO7Si3. The van der Waals surface area contributed by atoms with Crippen LogP contribution in [0.1, 0.15) is 86.1 Å². The molecule has 1 aromatic carbocycles. The first-order valence-electron chi connectivity index (χ1n) is 19.7. The maximum atomic E-state index is 13.7. The van der Waals surface area contributed by atoms with Crippen molar-refractivity contribution >= 4 is 42.3 Å². The van der Waals surface area contributed by atoms with Crippen LogP contribution >= 0.6 is 11.6 Å². The van der Waals surface area contributed by atoms with E-state index in [1.807, 2.05) is 56.9 Å². The number of alkyl halides is 1. The number of carbonyl (C=O) groups excluding carboxylic acids is 1. The number of ether oxygens (including phenoxy) is 2. The summed E-state index contributed by atoms with van der Waals surface area (Å²) in [5.41, 5.74) is -0.149. The van der Waals surface area contributed by atoms with Crippen LogP contribution in [0, 0.1) is 17.2 Å². The van der Waals surface area contributed by atoms with Crippen molar-refractivity contribution in [3.63, 3.8) is 0 Å². The summed E-state index contributed by atoms with van der Waals surface area (Å²) in [5, 5.41) is 21.6. The molecule has 8 nitrogen and oxygen atoms in total. The molecule has 0 amide bonds. The number of nitrogens with zero attached hydrogens (tertiary/aromatic N) is 1. The average molecular weight is 813 g/mol. The molecule has 7 atom stereocenters. The Bertz CT molecular complexity index is 1250. The first-order chi connectivity index (χ1) is 24.6. The van der Waals surface area contributed by atoms with Gasteiger partial charge >= 0.3 is 0 Å². The van der Waals surface area contributed by atoms with Crippen molar-refractivity contribution < 1.29 is 32.7 Å². The summed E-state index contributed by atoms with van der Waals surface area (Å²) in [6.45, 7) is 30.3. The van der Waals surface area contributed by atoms with Crippen LogP contribution in [0.3, 0.4) is 0 Å². The van der Waals surface area contributed by atoms with Crippen molar-refractivity contribution in [3.05, 3.63) is 48.6 Å². The van der Waals surface area contributed by atoms with Crippen LogP contribution in [0.2, 0.25) is 55.9 Å². The molecule has 0 radical (unpaired) electrons. The molecule has 0 aromatic heterocycles. The summed E-state index contributed by atoms with van der Waals surface area (Å²) in [5.74, 6) is -0.486. The highest BCUT2D eigenvalue weighted by Gasteiger charge is 2.45. The molecule has 0 spiro atoms. The smallest absolute Gasteiger partial charge is 0.192 e. The van der Waals surface area contributed by atoms with Crippen LogP contribution in [0.15, 0.2) is 43.0 Å². The number of halogens is 1. The molecular weight excluding hydrogens is 738 g/mol. The van der Waals surface area contributed by atoms with Gasteiger partial charge in [0.2, 0.25) is 0 Å². The number of nitriles is 1. The molecule has 0 heterocycles. The molecule has 1 N–H and O–H groups in total. The number of ketones is 1. The molecule has 53 heavy (non-hydrogen) atoms. The fraction of sp³-hybridized carbons (Fsp3) is 0.756. The van der Waals surface area contributed by atoms with Crippen molar-refractivity contribution in [2.24, 2.45) is 5.92 Å². The quantitative estimate of drug-likeness (QED) is 0.0405. The number of aliphatic hydroxyl groups is 1. The average Bonchev–Trinajstić information content (AvgIpc) is 3.10. The van der Waals surface area contributed by atoms with Gasteiger partial charge in [0.05, 0.1) is 42.5 Å². The number of carbonyl (C=O) groups is 1. The predicted molar refractivity (Wildman–Crippen MR) is 227 cm³/mol. The molecule has 0 aliphatic carbocycles. The first-order valence-corrected chi connectivity index (χ1v) is 28.9. The van der Waals surface area contributed by atoms with Gasteiger partial charge in [-0.05, 0) is 80.7 Å². The van der Waals surface area contributed by atoms with Gasteiger partial charge in [0, 0.05) is 32.5 Å². The van der Waals surface area contributed by atoms with Gasteiger partial charge < -0.3 is 27.9 Å². The minimum atomic E-state index is -2.25. The first kappa shape index (κ1) is 49.8. The number of Topliss-reactive ketones (excluding diaryl/α,β-unsaturated/α-hetero) is 1. The molecule has 0 bridgehead atoms. The van der Waals surface area contributed by atoms with Gasteiger partial charge in [0.25, 0.3) is 0 Å². The normalized spacial score (nSPS) is 17.5. The summed E-state index contributed by atoms with van der Waals surface area (Å²) in [4.78, 5) is 13.7. The molecule has 0 saturated heterocycles. The van der Waals surface area contributed by atoms with Crippen LogP contribution in [0.5, 0.6) is 0 Å². The Labute approximate surface area is 331 Å². The topological polar surface area (TPSA) is 107 Å². The molecule has 12 heteroatoms. The fourth-order valence-electron chi connectivity index (χ4n) is 6.29. The Balaban J connectivity index is 3.16. The summed E-state index contributed by atoms with van der Waals surface area (Å²) in [7, 11) is -4.95.